The lowest BCUT2D eigenvalue weighted by molar-refractivity contribution is -0.129. The molecule has 6 rings (SSSR count). The van der Waals surface area contributed by atoms with E-state index in [0.29, 0.717) is 47.9 Å². The third-order valence-corrected chi connectivity index (χ3v) is 7.52. The summed E-state index contributed by atoms with van der Waals surface area (Å²) < 4.78 is 0. The lowest BCUT2D eigenvalue weighted by atomic mass is 9.52. The van der Waals surface area contributed by atoms with Crippen LogP contribution in [-0.4, -0.2) is 32.8 Å². The second-order valence-electron chi connectivity index (χ2n) is 9.74. The van der Waals surface area contributed by atoms with Crippen molar-refractivity contribution in [2.45, 2.75) is 63.6 Å². The number of nitrogens with one attached hydrogen (secondary N) is 2. The Bertz CT molecular complexity index is 961. The summed E-state index contributed by atoms with van der Waals surface area (Å²) in [5.74, 6) is 1.17. The highest BCUT2D eigenvalue weighted by molar-refractivity contribution is 5.96. The van der Waals surface area contributed by atoms with E-state index in [-0.39, 0.29) is 11.6 Å². The number of carboxylic acid groups (broad SMARTS) is 1. The first-order chi connectivity index (χ1) is 14.9. The van der Waals surface area contributed by atoms with Gasteiger partial charge in [0.05, 0.1) is 17.0 Å². The molecule has 2 atom stereocenters. The molecule has 0 spiro atoms. The van der Waals surface area contributed by atoms with Crippen LogP contribution in [0, 0.1) is 17.8 Å². The molecule has 4 bridgehead atoms. The van der Waals surface area contributed by atoms with Gasteiger partial charge in [0.1, 0.15) is 11.4 Å². The summed E-state index contributed by atoms with van der Waals surface area (Å²) in [6.07, 6.45) is 5.40. The lowest BCUT2D eigenvalue weighted by Crippen LogP contribution is -2.59. The van der Waals surface area contributed by atoms with E-state index < -0.39 is 11.6 Å². The first kappa shape index (κ1) is 20.3. The zero-order chi connectivity index (χ0) is 21.6. The van der Waals surface area contributed by atoms with Crippen molar-refractivity contribution in [3.05, 3.63) is 53.2 Å². The fourth-order valence-corrected chi connectivity index (χ4v) is 6.48. The molecule has 164 valence electrons. The molecule has 4 saturated carbocycles. The molecular weight excluding hydrogens is 390 g/mol. The maximum atomic E-state index is 12.2. The van der Waals surface area contributed by atoms with Gasteiger partial charge in [-0.05, 0) is 61.8 Å². The van der Waals surface area contributed by atoms with E-state index in [2.05, 4.69) is 27.8 Å². The van der Waals surface area contributed by atoms with Crippen molar-refractivity contribution < 1.29 is 15.0 Å². The van der Waals surface area contributed by atoms with Gasteiger partial charge in [-0.15, -0.1) is 0 Å². The van der Waals surface area contributed by atoms with Crippen LogP contribution in [0.25, 0.3) is 0 Å². The largest absolute Gasteiger partial charge is 0.478 e. The Morgan fingerprint density at radius 1 is 1.16 bits per heavy atom. The number of carboxylic acids is 1. The van der Waals surface area contributed by atoms with Crippen LogP contribution >= 0.6 is 0 Å². The van der Waals surface area contributed by atoms with Crippen LogP contribution in [0.3, 0.4) is 0 Å². The third-order valence-electron chi connectivity index (χ3n) is 7.52. The summed E-state index contributed by atoms with van der Waals surface area (Å²) in [5.41, 5.74) is 2.17. The van der Waals surface area contributed by atoms with E-state index in [0.717, 1.165) is 37.7 Å². The number of carbonyl (C=O) groups is 1. The molecule has 6 heteroatoms. The van der Waals surface area contributed by atoms with E-state index >= 15 is 0 Å². The third kappa shape index (κ3) is 3.89. The van der Waals surface area contributed by atoms with Gasteiger partial charge in [0.2, 0.25) is 0 Å². The van der Waals surface area contributed by atoms with E-state index in [1.165, 1.54) is 0 Å². The van der Waals surface area contributed by atoms with Crippen molar-refractivity contribution in [2.24, 2.45) is 17.8 Å². The number of hydrogen-bond acceptors (Lipinski definition) is 5. The molecule has 1 aromatic carbocycles. The molecule has 4 aliphatic rings. The molecule has 6 nitrogen and oxygen atoms in total. The van der Waals surface area contributed by atoms with Gasteiger partial charge in [0.15, 0.2) is 0 Å². The number of anilines is 2. The molecule has 0 saturated heterocycles. The normalized spacial score (nSPS) is 30.9. The van der Waals surface area contributed by atoms with Gasteiger partial charge >= 0.3 is 5.97 Å². The lowest BCUT2D eigenvalue weighted by Gasteiger charge is -2.58. The predicted molar refractivity (Wildman–Crippen MR) is 120 cm³/mol. The first-order valence-corrected chi connectivity index (χ1v) is 11.5. The zero-order valence-corrected chi connectivity index (χ0v) is 18.0. The summed E-state index contributed by atoms with van der Waals surface area (Å²) in [4.78, 5) is 16.8. The van der Waals surface area contributed by atoms with Crippen LogP contribution in [-0.2, 0) is 13.0 Å². The minimum atomic E-state index is -0.941. The van der Waals surface area contributed by atoms with Gasteiger partial charge in [0.25, 0.3) is 0 Å². The van der Waals surface area contributed by atoms with E-state index in [1.807, 2.05) is 31.2 Å². The number of aliphatic hydroxyl groups is 1. The summed E-state index contributed by atoms with van der Waals surface area (Å²) in [6, 6.07) is 12.2. The Morgan fingerprint density at radius 2 is 1.87 bits per heavy atom. The SMILES string of the molecule is CCc1nc(NCc2ccccc2)cc(NC2C3CC4CC2CC(O)(C4)C3)c1C(=O)O. The smallest absolute Gasteiger partial charge is 0.339 e. The number of aromatic carboxylic acids is 1. The Kier molecular flexibility index (Phi) is 5.13. The number of aromatic nitrogens is 1. The summed E-state index contributed by atoms with van der Waals surface area (Å²) >= 11 is 0. The van der Waals surface area contributed by atoms with Gasteiger partial charge in [-0.3, -0.25) is 0 Å². The molecule has 0 amide bonds. The predicted octanol–water partition coefficient (Wildman–Crippen LogP) is 4.31. The second-order valence-corrected chi connectivity index (χ2v) is 9.74. The van der Waals surface area contributed by atoms with Crippen molar-refractivity contribution in [3.8, 4) is 0 Å². The maximum Gasteiger partial charge on any atom is 0.339 e. The summed E-state index contributed by atoms with van der Waals surface area (Å²) in [6.45, 7) is 2.57. The molecule has 31 heavy (non-hydrogen) atoms. The standard InChI is InChI=1S/C25H31N3O3/c1-2-19-22(24(29)30)20(10-21(27-19)26-14-15-6-4-3-5-7-15)28-23-17-8-16-9-18(23)13-25(31,11-16)12-17/h3-7,10,16-18,23,31H,2,8-9,11-14H2,1H3,(H,29,30)(H2,26,27,28). The molecule has 1 aromatic heterocycles. The van der Waals surface area contributed by atoms with Crippen LogP contribution in [0.5, 0.6) is 0 Å². The minimum Gasteiger partial charge on any atom is -0.478 e. The Hall–Kier alpha value is -2.60. The number of rotatable bonds is 7. The van der Waals surface area contributed by atoms with Crippen LogP contribution in [0.2, 0.25) is 0 Å². The highest BCUT2D eigenvalue weighted by Crippen LogP contribution is 2.56. The highest BCUT2D eigenvalue weighted by atomic mass is 16.4. The molecule has 2 aromatic rings. The van der Waals surface area contributed by atoms with E-state index in [1.54, 1.807) is 0 Å². The van der Waals surface area contributed by atoms with Gasteiger partial charge in [-0.1, -0.05) is 37.3 Å². The highest BCUT2D eigenvalue weighted by Gasteiger charge is 2.54. The topological polar surface area (TPSA) is 94.5 Å². The molecule has 2 unspecified atom stereocenters. The second kappa shape index (κ2) is 7.83. The zero-order valence-electron chi connectivity index (χ0n) is 18.0. The quantitative estimate of drug-likeness (QED) is 0.532. The van der Waals surface area contributed by atoms with Crippen LogP contribution < -0.4 is 10.6 Å². The Morgan fingerprint density at radius 3 is 2.48 bits per heavy atom. The number of aryl methyl sites for hydroxylation is 1. The van der Waals surface area contributed by atoms with Gasteiger partial charge in [0, 0.05) is 18.7 Å². The van der Waals surface area contributed by atoms with Crippen LogP contribution in [0.4, 0.5) is 11.5 Å². The maximum absolute atomic E-state index is 12.2. The summed E-state index contributed by atoms with van der Waals surface area (Å²) in [5, 5.41) is 27.8. The fraction of sp³-hybridized carbons (Fsp3) is 0.520. The van der Waals surface area contributed by atoms with Gasteiger partial charge < -0.3 is 20.8 Å². The van der Waals surface area contributed by atoms with Crippen molar-refractivity contribution >= 4 is 17.5 Å². The monoisotopic (exact) mass is 421 g/mol. The number of pyridine rings is 1. The Balaban J connectivity index is 1.43. The number of hydrogen-bond donors (Lipinski definition) is 4. The fourth-order valence-electron chi connectivity index (χ4n) is 6.48. The average Bonchev–Trinajstić information content (AvgIpc) is 2.73. The van der Waals surface area contributed by atoms with Gasteiger partial charge in [-0.25, -0.2) is 9.78 Å². The van der Waals surface area contributed by atoms with Crippen LogP contribution in [0.15, 0.2) is 36.4 Å². The van der Waals surface area contributed by atoms with Crippen molar-refractivity contribution in [1.29, 1.82) is 0 Å². The summed E-state index contributed by atoms with van der Waals surface area (Å²) in [7, 11) is 0. The van der Waals surface area contributed by atoms with E-state index in [9.17, 15) is 15.0 Å². The molecular formula is C25H31N3O3. The van der Waals surface area contributed by atoms with Crippen LogP contribution in [0.1, 0.15) is 60.6 Å². The minimum absolute atomic E-state index is 0.212. The Labute approximate surface area is 183 Å². The molecule has 1 heterocycles. The molecule has 4 aliphatic carbocycles. The van der Waals surface area contributed by atoms with E-state index in [4.69, 9.17) is 0 Å². The van der Waals surface area contributed by atoms with Crippen molar-refractivity contribution in [1.82, 2.24) is 4.98 Å². The first-order valence-electron chi connectivity index (χ1n) is 11.5. The number of benzene rings is 1. The average molecular weight is 422 g/mol. The number of nitrogens with zero attached hydrogens (tertiary/aromatic N) is 1. The van der Waals surface area contributed by atoms with Gasteiger partial charge in [-0.2, -0.15) is 0 Å². The molecule has 4 fully saturated rings. The van der Waals surface area contributed by atoms with Crippen molar-refractivity contribution in [3.63, 3.8) is 0 Å². The van der Waals surface area contributed by atoms with Crippen molar-refractivity contribution in [2.75, 3.05) is 10.6 Å². The molecule has 0 aliphatic heterocycles. The molecule has 0 radical (unpaired) electrons. The molecule has 4 N–H and O–H groups in total.